The van der Waals surface area contributed by atoms with E-state index in [1.807, 2.05) is 6.92 Å². The number of carbonyl (C=O) groups excluding carboxylic acids is 1. The second-order valence-corrected chi connectivity index (χ2v) is 3.77. The van der Waals surface area contributed by atoms with Gasteiger partial charge in [-0.05, 0) is 18.3 Å². The Morgan fingerprint density at radius 3 is 2.17 bits per heavy atom. The van der Waals surface area contributed by atoms with Gasteiger partial charge >= 0.3 is 0 Å². The molecule has 0 aromatic carbocycles. The van der Waals surface area contributed by atoms with Crippen molar-refractivity contribution >= 4 is 5.97 Å². The summed E-state index contributed by atoms with van der Waals surface area (Å²) in [5, 5.41) is 10.2. The summed E-state index contributed by atoms with van der Waals surface area (Å²) in [4.78, 5) is 10.2. The zero-order valence-electron chi connectivity index (χ0n) is 8.30. The predicted molar refractivity (Wildman–Crippen MR) is 47.5 cm³/mol. The highest BCUT2D eigenvalue weighted by Crippen LogP contribution is 2.16. The highest BCUT2D eigenvalue weighted by atomic mass is 16.4. The van der Waals surface area contributed by atoms with E-state index < -0.39 is 5.97 Å². The Labute approximate surface area is 75.0 Å². The molecule has 2 nitrogen and oxygen atoms in total. The molecule has 72 valence electrons. The fraction of sp³-hybridized carbons (Fsp3) is 0.900. The predicted octanol–water partition coefficient (Wildman–Crippen LogP) is 1.59. The first-order valence-electron chi connectivity index (χ1n) is 4.76. The van der Waals surface area contributed by atoms with Crippen LogP contribution in [0.2, 0.25) is 0 Å². The molecule has 0 N–H and O–H groups in total. The maximum atomic E-state index is 10.2. The second kappa shape index (κ2) is 6.04. The number of hydrogen-bond donors (Lipinski definition) is 0. The van der Waals surface area contributed by atoms with Crippen molar-refractivity contribution in [3.63, 3.8) is 0 Å². The Morgan fingerprint density at radius 1 is 1.25 bits per heavy atom. The molecule has 0 rings (SSSR count). The summed E-state index contributed by atoms with van der Waals surface area (Å²) < 4.78 is 0. The van der Waals surface area contributed by atoms with Gasteiger partial charge in [0.2, 0.25) is 0 Å². The van der Waals surface area contributed by atoms with Crippen molar-refractivity contribution < 1.29 is 9.90 Å². The van der Waals surface area contributed by atoms with Gasteiger partial charge in [-0.25, -0.2) is 0 Å². The Bertz CT molecular complexity index is 132. The van der Waals surface area contributed by atoms with E-state index in [0.717, 1.165) is 12.8 Å². The van der Waals surface area contributed by atoms with Gasteiger partial charge in [0.1, 0.15) is 0 Å². The molecule has 0 aromatic rings. The van der Waals surface area contributed by atoms with E-state index >= 15 is 0 Å². The summed E-state index contributed by atoms with van der Waals surface area (Å²) in [7, 11) is 0. The van der Waals surface area contributed by atoms with E-state index in [0.29, 0.717) is 5.92 Å². The normalized spacial score (nSPS) is 15.6. The average molecular weight is 171 g/mol. The van der Waals surface area contributed by atoms with Gasteiger partial charge in [0.05, 0.1) is 0 Å². The topological polar surface area (TPSA) is 40.1 Å². The minimum atomic E-state index is -0.924. The largest absolute Gasteiger partial charge is 0.550 e. The highest BCUT2D eigenvalue weighted by Gasteiger charge is 2.05. The van der Waals surface area contributed by atoms with Crippen molar-refractivity contribution in [3.8, 4) is 0 Å². The van der Waals surface area contributed by atoms with Gasteiger partial charge in [0, 0.05) is 5.97 Å². The van der Waals surface area contributed by atoms with Crippen molar-refractivity contribution in [1.82, 2.24) is 0 Å². The van der Waals surface area contributed by atoms with Crippen LogP contribution in [0.5, 0.6) is 0 Å². The van der Waals surface area contributed by atoms with Crippen molar-refractivity contribution in [1.29, 1.82) is 0 Å². The first kappa shape index (κ1) is 11.5. The number of carboxylic acids is 1. The molecule has 0 heterocycles. The van der Waals surface area contributed by atoms with Gasteiger partial charge in [-0.3, -0.25) is 0 Å². The molecule has 0 fully saturated rings. The molecule has 0 saturated heterocycles. The molecule has 2 heteroatoms. The van der Waals surface area contributed by atoms with Crippen LogP contribution in [-0.4, -0.2) is 5.97 Å². The van der Waals surface area contributed by atoms with E-state index in [1.54, 1.807) is 0 Å². The van der Waals surface area contributed by atoms with Gasteiger partial charge in [-0.1, -0.05) is 40.0 Å². The van der Waals surface area contributed by atoms with E-state index in [-0.39, 0.29) is 12.3 Å². The van der Waals surface area contributed by atoms with Gasteiger partial charge in [0.25, 0.3) is 0 Å². The fourth-order valence-corrected chi connectivity index (χ4v) is 1.16. The van der Waals surface area contributed by atoms with Crippen molar-refractivity contribution in [3.05, 3.63) is 0 Å². The van der Waals surface area contributed by atoms with Gasteiger partial charge in [0.15, 0.2) is 0 Å². The van der Waals surface area contributed by atoms with Crippen LogP contribution in [0, 0.1) is 11.8 Å². The molecular formula is C10H19O2-. The third kappa shape index (κ3) is 6.20. The number of hydrogen-bond acceptors (Lipinski definition) is 2. The zero-order valence-corrected chi connectivity index (χ0v) is 8.30. The minimum Gasteiger partial charge on any atom is -0.550 e. The molecule has 0 aliphatic heterocycles. The number of carbonyl (C=O) groups is 1. The highest BCUT2D eigenvalue weighted by molar-refractivity contribution is 5.64. The molecule has 2 atom stereocenters. The molecule has 0 saturated carbocycles. The standard InChI is InChI=1S/C10H20O2/c1-4-8(2)5-6-9(3)7-10(11)12/h8-9H,4-7H2,1-3H3,(H,11,12)/p-1/t8-,9-/m1/s1. The zero-order chi connectivity index (χ0) is 9.56. The SMILES string of the molecule is CC[C@@H](C)CC[C@@H](C)CC(=O)[O-]. The summed E-state index contributed by atoms with van der Waals surface area (Å²) in [6.45, 7) is 6.33. The molecule has 0 amide bonds. The van der Waals surface area contributed by atoms with E-state index in [9.17, 15) is 9.90 Å². The van der Waals surface area contributed by atoms with Crippen molar-refractivity contribution in [2.24, 2.45) is 11.8 Å². The smallest absolute Gasteiger partial charge is 0.0416 e. The summed E-state index contributed by atoms with van der Waals surface area (Å²) >= 11 is 0. The van der Waals surface area contributed by atoms with E-state index in [2.05, 4.69) is 13.8 Å². The number of rotatable bonds is 6. The molecule has 0 bridgehead atoms. The first-order chi connectivity index (χ1) is 5.56. The second-order valence-electron chi connectivity index (χ2n) is 3.77. The maximum absolute atomic E-state index is 10.2. The third-order valence-electron chi connectivity index (χ3n) is 2.36. The number of aliphatic carboxylic acids is 1. The van der Waals surface area contributed by atoms with Crippen LogP contribution >= 0.6 is 0 Å². The quantitative estimate of drug-likeness (QED) is 0.609. The van der Waals surface area contributed by atoms with Crippen LogP contribution in [0.4, 0.5) is 0 Å². The van der Waals surface area contributed by atoms with Gasteiger partial charge < -0.3 is 9.90 Å². The van der Waals surface area contributed by atoms with Gasteiger partial charge in [-0.15, -0.1) is 0 Å². The maximum Gasteiger partial charge on any atom is 0.0416 e. The summed E-state index contributed by atoms with van der Waals surface area (Å²) in [6, 6.07) is 0. The number of carboxylic acid groups (broad SMARTS) is 1. The first-order valence-corrected chi connectivity index (χ1v) is 4.76. The van der Waals surface area contributed by atoms with E-state index in [1.165, 1.54) is 6.42 Å². The van der Waals surface area contributed by atoms with Gasteiger partial charge in [-0.2, -0.15) is 0 Å². The molecule has 0 radical (unpaired) electrons. The van der Waals surface area contributed by atoms with Crippen molar-refractivity contribution in [2.75, 3.05) is 0 Å². The van der Waals surface area contributed by atoms with E-state index in [4.69, 9.17) is 0 Å². The third-order valence-corrected chi connectivity index (χ3v) is 2.36. The molecule has 0 unspecified atom stereocenters. The van der Waals surface area contributed by atoms with Crippen LogP contribution < -0.4 is 5.11 Å². The lowest BCUT2D eigenvalue weighted by Gasteiger charge is -2.14. The van der Waals surface area contributed by atoms with Crippen LogP contribution in [-0.2, 0) is 4.79 Å². The van der Waals surface area contributed by atoms with Crippen LogP contribution in [0.3, 0.4) is 0 Å². The minimum absolute atomic E-state index is 0.205. The molecule has 0 spiro atoms. The Morgan fingerprint density at radius 2 is 1.75 bits per heavy atom. The summed E-state index contributed by atoms with van der Waals surface area (Å²) in [5.74, 6) is 0.0601. The average Bonchev–Trinajstić information content (AvgIpc) is 1.99. The molecule has 0 aromatic heterocycles. The van der Waals surface area contributed by atoms with Crippen LogP contribution in [0.1, 0.15) is 46.5 Å². The van der Waals surface area contributed by atoms with Crippen molar-refractivity contribution in [2.45, 2.75) is 46.5 Å². The summed E-state index contributed by atoms with van der Waals surface area (Å²) in [5.41, 5.74) is 0. The van der Waals surface area contributed by atoms with Crippen LogP contribution in [0.15, 0.2) is 0 Å². The summed E-state index contributed by atoms with van der Waals surface area (Å²) in [6.07, 6.45) is 3.52. The Hall–Kier alpha value is -0.530. The lowest BCUT2D eigenvalue weighted by atomic mass is 9.95. The van der Waals surface area contributed by atoms with Crippen LogP contribution in [0.25, 0.3) is 0 Å². The molecule has 0 aliphatic carbocycles. The molecule has 12 heavy (non-hydrogen) atoms. The monoisotopic (exact) mass is 171 g/mol. The lowest BCUT2D eigenvalue weighted by molar-refractivity contribution is -0.306. The molecular weight excluding hydrogens is 152 g/mol. The Balaban J connectivity index is 3.43. The lowest BCUT2D eigenvalue weighted by Crippen LogP contribution is -2.24. The molecule has 0 aliphatic rings. The Kier molecular flexibility index (Phi) is 5.77. The fourth-order valence-electron chi connectivity index (χ4n) is 1.16.